The molecule has 0 amide bonds. The molecule has 0 saturated heterocycles. The van der Waals surface area contributed by atoms with Gasteiger partial charge in [0.05, 0.1) is 0 Å². The SMILES string of the molecule is CCNC(C)CCc1nc(-c2ccc(SC)cc2)no1. The van der Waals surface area contributed by atoms with E-state index in [0.717, 1.165) is 24.9 Å². The van der Waals surface area contributed by atoms with E-state index in [1.54, 1.807) is 11.8 Å². The number of aromatic nitrogens is 2. The monoisotopic (exact) mass is 291 g/mol. The van der Waals surface area contributed by atoms with Crippen molar-refractivity contribution in [2.24, 2.45) is 0 Å². The van der Waals surface area contributed by atoms with Gasteiger partial charge in [-0.25, -0.2) is 0 Å². The Hall–Kier alpha value is -1.33. The maximum absolute atomic E-state index is 5.31. The zero-order valence-corrected chi connectivity index (χ0v) is 13.0. The van der Waals surface area contributed by atoms with Gasteiger partial charge in [-0.05, 0) is 50.4 Å². The normalized spacial score (nSPS) is 12.6. The van der Waals surface area contributed by atoms with Crippen LogP contribution in [0.2, 0.25) is 0 Å². The van der Waals surface area contributed by atoms with Crippen molar-refractivity contribution in [3.05, 3.63) is 30.2 Å². The van der Waals surface area contributed by atoms with Gasteiger partial charge in [0, 0.05) is 22.9 Å². The Kier molecular flexibility index (Phi) is 5.61. The molecule has 0 aliphatic heterocycles. The zero-order chi connectivity index (χ0) is 14.4. The van der Waals surface area contributed by atoms with Crippen molar-refractivity contribution < 1.29 is 4.52 Å². The highest BCUT2D eigenvalue weighted by atomic mass is 32.2. The number of thioether (sulfide) groups is 1. The van der Waals surface area contributed by atoms with E-state index in [9.17, 15) is 0 Å². The summed E-state index contributed by atoms with van der Waals surface area (Å²) in [5.41, 5.74) is 0.998. The number of benzene rings is 1. The number of hydrogen-bond acceptors (Lipinski definition) is 5. The van der Waals surface area contributed by atoms with Gasteiger partial charge in [0.15, 0.2) is 0 Å². The van der Waals surface area contributed by atoms with E-state index in [1.807, 2.05) is 12.1 Å². The van der Waals surface area contributed by atoms with Crippen LogP contribution in [-0.4, -0.2) is 29.0 Å². The molecule has 1 unspecified atom stereocenters. The van der Waals surface area contributed by atoms with E-state index in [0.29, 0.717) is 17.8 Å². The molecule has 1 N–H and O–H groups in total. The summed E-state index contributed by atoms with van der Waals surface area (Å²) in [6.45, 7) is 5.26. The molecule has 0 aliphatic rings. The van der Waals surface area contributed by atoms with E-state index in [4.69, 9.17) is 4.52 Å². The summed E-state index contributed by atoms with van der Waals surface area (Å²) in [6, 6.07) is 8.67. The van der Waals surface area contributed by atoms with E-state index in [1.165, 1.54) is 4.90 Å². The Labute approximate surface area is 124 Å². The maximum Gasteiger partial charge on any atom is 0.227 e. The molecule has 1 aromatic carbocycles. The predicted octanol–water partition coefficient (Wildman–Crippen LogP) is 3.39. The van der Waals surface area contributed by atoms with Crippen molar-refractivity contribution in [1.82, 2.24) is 15.5 Å². The second kappa shape index (κ2) is 7.45. The third-order valence-electron chi connectivity index (χ3n) is 3.16. The molecule has 1 aromatic heterocycles. The lowest BCUT2D eigenvalue weighted by Gasteiger charge is -2.09. The fraction of sp³-hybridized carbons (Fsp3) is 0.467. The molecule has 20 heavy (non-hydrogen) atoms. The third kappa shape index (κ3) is 4.08. The van der Waals surface area contributed by atoms with Crippen molar-refractivity contribution in [2.45, 2.75) is 37.6 Å². The quantitative estimate of drug-likeness (QED) is 0.792. The van der Waals surface area contributed by atoms with Gasteiger partial charge < -0.3 is 9.84 Å². The first-order valence-electron chi connectivity index (χ1n) is 6.93. The minimum absolute atomic E-state index is 0.469. The average Bonchev–Trinajstić information content (AvgIpc) is 2.94. The van der Waals surface area contributed by atoms with E-state index in [-0.39, 0.29) is 0 Å². The Morgan fingerprint density at radius 1 is 1.30 bits per heavy atom. The maximum atomic E-state index is 5.31. The molecular weight excluding hydrogens is 270 g/mol. The third-order valence-corrected chi connectivity index (χ3v) is 3.90. The highest BCUT2D eigenvalue weighted by molar-refractivity contribution is 7.98. The average molecular weight is 291 g/mol. The lowest BCUT2D eigenvalue weighted by atomic mass is 10.2. The fourth-order valence-electron chi connectivity index (χ4n) is 2.00. The van der Waals surface area contributed by atoms with Crippen LogP contribution >= 0.6 is 11.8 Å². The van der Waals surface area contributed by atoms with Crippen LogP contribution in [0.15, 0.2) is 33.7 Å². The molecule has 0 spiro atoms. The van der Waals surface area contributed by atoms with Gasteiger partial charge in [0.1, 0.15) is 0 Å². The van der Waals surface area contributed by atoms with Crippen molar-refractivity contribution >= 4 is 11.8 Å². The summed E-state index contributed by atoms with van der Waals surface area (Å²) < 4.78 is 5.31. The number of nitrogens with one attached hydrogen (secondary N) is 1. The van der Waals surface area contributed by atoms with Gasteiger partial charge in [-0.1, -0.05) is 12.1 Å². The lowest BCUT2D eigenvalue weighted by molar-refractivity contribution is 0.368. The number of hydrogen-bond donors (Lipinski definition) is 1. The van der Waals surface area contributed by atoms with Gasteiger partial charge in [0.25, 0.3) is 0 Å². The number of nitrogens with zero attached hydrogens (tertiary/aromatic N) is 2. The van der Waals surface area contributed by atoms with Crippen molar-refractivity contribution in [3.8, 4) is 11.4 Å². The Morgan fingerprint density at radius 2 is 2.05 bits per heavy atom. The molecular formula is C15H21N3OS. The molecule has 108 valence electrons. The summed E-state index contributed by atoms with van der Waals surface area (Å²) in [6.07, 6.45) is 3.87. The largest absolute Gasteiger partial charge is 0.339 e. The smallest absolute Gasteiger partial charge is 0.227 e. The molecule has 1 atom stereocenters. The standard InChI is InChI=1S/C15H21N3OS/c1-4-16-11(2)5-10-14-17-15(18-19-14)12-6-8-13(20-3)9-7-12/h6-9,11,16H,4-5,10H2,1-3H3. The number of rotatable bonds is 7. The van der Waals surface area contributed by atoms with E-state index in [2.05, 4.69) is 47.7 Å². The van der Waals surface area contributed by atoms with Crippen LogP contribution in [0.25, 0.3) is 11.4 Å². The van der Waals surface area contributed by atoms with Crippen LogP contribution in [0.3, 0.4) is 0 Å². The first-order valence-corrected chi connectivity index (χ1v) is 8.15. The molecule has 1 heterocycles. The Bertz CT molecular complexity index is 524. The molecule has 0 radical (unpaired) electrons. The second-order valence-electron chi connectivity index (χ2n) is 4.74. The molecule has 5 heteroatoms. The summed E-state index contributed by atoms with van der Waals surface area (Å²) in [5.74, 6) is 1.38. The molecule has 0 aliphatic carbocycles. The van der Waals surface area contributed by atoms with Crippen molar-refractivity contribution in [1.29, 1.82) is 0 Å². The lowest BCUT2D eigenvalue weighted by Crippen LogP contribution is -2.25. The summed E-state index contributed by atoms with van der Waals surface area (Å²) in [4.78, 5) is 5.69. The topological polar surface area (TPSA) is 51.0 Å². The van der Waals surface area contributed by atoms with E-state index >= 15 is 0 Å². The van der Waals surface area contributed by atoms with Gasteiger partial charge >= 0.3 is 0 Å². The first kappa shape index (κ1) is 15.1. The van der Waals surface area contributed by atoms with Crippen LogP contribution in [0.1, 0.15) is 26.2 Å². The zero-order valence-electron chi connectivity index (χ0n) is 12.2. The molecule has 0 bridgehead atoms. The Morgan fingerprint density at radius 3 is 2.70 bits per heavy atom. The van der Waals surface area contributed by atoms with Crippen molar-refractivity contribution in [2.75, 3.05) is 12.8 Å². The molecule has 4 nitrogen and oxygen atoms in total. The molecule has 0 fully saturated rings. The Balaban J connectivity index is 1.97. The molecule has 2 aromatic rings. The second-order valence-corrected chi connectivity index (χ2v) is 5.62. The highest BCUT2D eigenvalue weighted by Crippen LogP contribution is 2.21. The van der Waals surface area contributed by atoms with Crippen molar-refractivity contribution in [3.63, 3.8) is 0 Å². The molecule has 0 saturated carbocycles. The van der Waals surface area contributed by atoms with Gasteiger partial charge in [-0.15, -0.1) is 11.8 Å². The highest BCUT2D eigenvalue weighted by Gasteiger charge is 2.10. The van der Waals surface area contributed by atoms with Gasteiger partial charge in [-0.3, -0.25) is 0 Å². The summed E-state index contributed by atoms with van der Waals surface area (Å²) >= 11 is 1.72. The van der Waals surface area contributed by atoms with Crippen LogP contribution < -0.4 is 5.32 Å². The first-order chi connectivity index (χ1) is 9.72. The number of aryl methyl sites for hydroxylation is 1. The fourth-order valence-corrected chi connectivity index (χ4v) is 2.41. The minimum atomic E-state index is 0.469. The van der Waals surface area contributed by atoms with Gasteiger partial charge in [0.2, 0.25) is 11.7 Å². The van der Waals surface area contributed by atoms with Gasteiger partial charge in [-0.2, -0.15) is 4.98 Å². The minimum Gasteiger partial charge on any atom is -0.339 e. The summed E-state index contributed by atoms with van der Waals surface area (Å²) in [7, 11) is 0. The van der Waals surface area contributed by atoms with Crippen LogP contribution in [0.4, 0.5) is 0 Å². The van der Waals surface area contributed by atoms with Crippen LogP contribution in [0.5, 0.6) is 0 Å². The van der Waals surface area contributed by atoms with E-state index < -0.39 is 0 Å². The van der Waals surface area contributed by atoms with Crippen LogP contribution in [-0.2, 0) is 6.42 Å². The summed E-state index contributed by atoms with van der Waals surface area (Å²) in [5, 5.41) is 7.43. The van der Waals surface area contributed by atoms with Crippen LogP contribution in [0, 0.1) is 0 Å². The molecule has 2 rings (SSSR count). The predicted molar refractivity (Wildman–Crippen MR) is 83.0 cm³/mol.